The number of carbonyl (C=O) groups excluding carboxylic acids is 1. The highest BCUT2D eigenvalue weighted by molar-refractivity contribution is 7.88. The lowest BCUT2D eigenvalue weighted by atomic mass is 10.2. The van der Waals surface area contributed by atoms with Gasteiger partial charge in [-0.1, -0.05) is 6.92 Å². The fraction of sp³-hybridized carbons (Fsp3) is 0.533. The predicted molar refractivity (Wildman–Crippen MR) is 86.0 cm³/mol. The van der Waals surface area contributed by atoms with Gasteiger partial charge in [-0.25, -0.2) is 8.42 Å². The summed E-state index contributed by atoms with van der Waals surface area (Å²) in [6.07, 6.45) is -2.84. The van der Waals surface area contributed by atoms with Crippen molar-refractivity contribution in [3.63, 3.8) is 0 Å². The molecule has 0 aliphatic heterocycles. The average Bonchev–Trinajstić information content (AvgIpc) is 2.45. The van der Waals surface area contributed by atoms with Crippen LogP contribution in [-0.2, 0) is 21.0 Å². The molecule has 1 N–H and O–H groups in total. The number of benzene rings is 1. The molecule has 1 aromatic carbocycles. The number of amides is 1. The van der Waals surface area contributed by atoms with Gasteiger partial charge in [0.1, 0.15) is 0 Å². The quantitative estimate of drug-likeness (QED) is 0.806. The molecular weight excluding hydrogens is 345 g/mol. The molecule has 1 amide bonds. The molecule has 0 saturated heterocycles. The van der Waals surface area contributed by atoms with Crippen molar-refractivity contribution < 1.29 is 26.4 Å². The standard InChI is InChI=1S/C15H21F3N2O3S/c1-4-11(2)20(24(3,22)23)10-9-14(21)19-13-7-5-12(6-8-13)15(16,17)18/h5-8,11H,4,9-10H2,1-3H3,(H,19,21). The van der Waals surface area contributed by atoms with Crippen molar-refractivity contribution in [1.82, 2.24) is 4.31 Å². The minimum Gasteiger partial charge on any atom is -0.326 e. The Kier molecular flexibility index (Phi) is 6.79. The summed E-state index contributed by atoms with van der Waals surface area (Å²) in [7, 11) is -3.44. The largest absolute Gasteiger partial charge is 0.416 e. The first-order valence-corrected chi connectivity index (χ1v) is 9.24. The lowest BCUT2D eigenvalue weighted by molar-refractivity contribution is -0.137. The summed E-state index contributed by atoms with van der Waals surface area (Å²) in [6.45, 7) is 3.60. The van der Waals surface area contributed by atoms with Gasteiger partial charge in [-0.15, -0.1) is 0 Å². The van der Waals surface area contributed by atoms with E-state index in [2.05, 4.69) is 5.32 Å². The van der Waals surface area contributed by atoms with Gasteiger partial charge in [0.2, 0.25) is 15.9 Å². The van der Waals surface area contributed by atoms with Crippen LogP contribution >= 0.6 is 0 Å². The monoisotopic (exact) mass is 366 g/mol. The first-order valence-electron chi connectivity index (χ1n) is 7.39. The normalized spacial score (nSPS) is 13.8. The number of sulfonamides is 1. The van der Waals surface area contributed by atoms with Crippen molar-refractivity contribution in [2.45, 2.75) is 38.9 Å². The molecule has 9 heteroatoms. The van der Waals surface area contributed by atoms with Gasteiger partial charge in [-0.3, -0.25) is 4.79 Å². The molecule has 0 aromatic heterocycles. The van der Waals surface area contributed by atoms with Crippen LogP contribution in [0.15, 0.2) is 24.3 Å². The maximum absolute atomic E-state index is 12.5. The SMILES string of the molecule is CCC(C)N(CCC(=O)Nc1ccc(C(F)(F)F)cc1)S(C)(=O)=O. The number of nitrogens with zero attached hydrogens (tertiary/aromatic N) is 1. The van der Waals surface area contributed by atoms with Gasteiger partial charge >= 0.3 is 6.18 Å². The molecule has 0 heterocycles. The maximum atomic E-state index is 12.5. The fourth-order valence-electron chi connectivity index (χ4n) is 2.09. The number of carbonyl (C=O) groups is 1. The van der Waals surface area contributed by atoms with Crippen molar-refractivity contribution in [3.8, 4) is 0 Å². The van der Waals surface area contributed by atoms with E-state index >= 15 is 0 Å². The van der Waals surface area contributed by atoms with Crippen LogP contribution in [0, 0.1) is 0 Å². The molecule has 0 saturated carbocycles. The molecule has 24 heavy (non-hydrogen) atoms. The average molecular weight is 366 g/mol. The van der Waals surface area contributed by atoms with Gasteiger partial charge in [-0.05, 0) is 37.6 Å². The molecule has 0 radical (unpaired) electrons. The summed E-state index contributed by atoms with van der Waals surface area (Å²) >= 11 is 0. The molecule has 1 unspecified atom stereocenters. The van der Waals surface area contributed by atoms with E-state index in [1.165, 1.54) is 4.31 Å². The topological polar surface area (TPSA) is 66.5 Å². The smallest absolute Gasteiger partial charge is 0.326 e. The number of anilines is 1. The predicted octanol–water partition coefficient (Wildman–Crippen LogP) is 3.09. The van der Waals surface area contributed by atoms with E-state index in [1.807, 2.05) is 6.92 Å². The molecule has 1 atom stereocenters. The van der Waals surface area contributed by atoms with Crippen LogP contribution in [0.1, 0.15) is 32.3 Å². The highest BCUT2D eigenvalue weighted by atomic mass is 32.2. The fourth-order valence-corrected chi connectivity index (χ4v) is 3.32. The number of hydrogen-bond donors (Lipinski definition) is 1. The molecule has 5 nitrogen and oxygen atoms in total. The minimum atomic E-state index is -4.44. The van der Waals surface area contributed by atoms with Crippen LogP contribution < -0.4 is 5.32 Å². The summed E-state index contributed by atoms with van der Waals surface area (Å²) in [4.78, 5) is 11.9. The third kappa shape index (κ3) is 6.12. The molecule has 1 rings (SSSR count). The van der Waals surface area contributed by atoms with E-state index in [0.717, 1.165) is 30.5 Å². The second kappa shape index (κ2) is 7.98. The summed E-state index contributed by atoms with van der Waals surface area (Å²) in [6, 6.07) is 3.82. The van der Waals surface area contributed by atoms with Crippen molar-refractivity contribution in [2.24, 2.45) is 0 Å². The van der Waals surface area contributed by atoms with Gasteiger partial charge < -0.3 is 5.32 Å². The first kappa shape index (κ1) is 20.4. The zero-order valence-electron chi connectivity index (χ0n) is 13.7. The second-order valence-corrected chi connectivity index (χ2v) is 7.44. The number of nitrogens with one attached hydrogen (secondary N) is 1. The zero-order chi connectivity index (χ0) is 18.5. The van der Waals surface area contributed by atoms with Crippen molar-refractivity contribution >= 4 is 21.6 Å². The Hall–Kier alpha value is -1.61. The van der Waals surface area contributed by atoms with Crippen molar-refractivity contribution in [1.29, 1.82) is 0 Å². The van der Waals surface area contributed by atoms with Gasteiger partial charge in [0, 0.05) is 24.7 Å². The van der Waals surface area contributed by atoms with E-state index in [1.54, 1.807) is 6.92 Å². The summed E-state index contributed by atoms with van der Waals surface area (Å²) in [5.74, 6) is -0.466. The lowest BCUT2D eigenvalue weighted by Crippen LogP contribution is -2.39. The van der Waals surface area contributed by atoms with E-state index in [-0.39, 0.29) is 24.7 Å². The van der Waals surface area contributed by atoms with Crippen LogP contribution in [0.2, 0.25) is 0 Å². The van der Waals surface area contributed by atoms with E-state index in [9.17, 15) is 26.4 Å². The van der Waals surface area contributed by atoms with Gasteiger partial charge in [0.05, 0.1) is 11.8 Å². The van der Waals surface area contributed by atoms with Crippen LogP contribution in [0.3, 0.4) is 0 Å². The van der Waals surface area contributed by atoms with Crippen LogP contribution in [0.25, 0.3) is 0 Å². The molecule has 0 aliphatic rings. The molecule has 136 valence electrons. The lowest BCUT2D eigenvalue weighted by Gasteiger charge is -2.25. The van der Waals surface area contributed by atoms with Gasteiger partial charge in [-0.2, -0.15) is 17.5 Å². The van der Waals surface area contributed by atoms with Crippen LogP contribution in [0.5, 0.6) is 0 Å². The molecular formula is C15H21F3N2O3S. The number of hydrogen-bond acceptors (Lipinski definition) is 3. The molecule has 0 spiro atoms. The van der Waals surface area contributed by atoms with Crippen molar-refractivity contribution in [3.05, 3.63) is 29.8 Å². The Balaban J connectivity index is 2.66. The minimum absolute atomic E-state index is 0.0142. The Morgan fingerprint density at radius 3 is 2.21 bits per heavy atom. The molecule has 0 fully saturated rings. The Labute approximate surface area is 139 Å². The van der Waals surface area contributed by atoms with Gasteiger partial charge in [0.15, 0.2) is 0 Å². The third-order valence-electron chi connectivity index (χ3n) is 3.56. The van der Waals surface area contributed by atoms with E-state index in [0.29, 0.717) is 6.42 Å². The van der Waals surface area contributed by atoms with Gasteiger partial charge in [0.25, 0.3) is 0 Å². The van der Waals surface area contributed by atoms with Crippen molar-refractivity contribution in [2.75, 3.05) is 18.1 Å². The molecule has 0 aliphatic carbocycles. The third-order valence-corrected chi connectivity index (χ3v) is 4.96. The highest BCUT2D eigenvalue weighted by Crippen LogP contribution is 2.29. The summed E-state index contributed by atoms with van der Waals surface area (Å²) < 4.78 is 62.1. The highest BCUT2D eigenvalue weighted by Gasteiger charge is 2.30. The Morgan fingerprint density at radius 1 is 1.25 bits per heavy atom. The molecule has 0 bridgehead atoms. The van der Waals surface area contributed by atoms with E-state index < -0.39 is 27.7 Å². The van der Waals surface area contributed by atoms with Crippen LogP contribution in [-0.4, -0.2) is 37.5 Å². The number of halogens is 3. The number of alkyl halides is 3. The summed E-state index contributed by atoms with van der Waals surface area (Å²) in [5, 5.41) is 2.46. The Morgan fingerprint density at radius 2 is 1.79 bits per heavy atom. The second-order valence-electron chi connectivity index (χ2n) is 5.50. The first-order chi connectivity index (χ1) is 10.9. The zero-order valence-corrected chi connectivity index (χ0v) is 14.5. The number of rotatable bonds is 7. The molecule has 1 aromatic rings. The van der Waals surface area contributed by atoms with E-state index in [4.69, 9.17) is 0 Å². The summed E-state index contributed by atoms with van der Waals surface area (Å²) in [5.41, 5.74) is -0.581. The maximum Gasteiger partial charge on any atom is 0.416 e. The Bertz CT molecular complexity index is 658. The van der Waals surface area contributed by atoms with Crippen LogP contribution in [0.4, 0.5) is 18.9 Å².